The fourth-order valence-electron chi connectivity index (χ4n) is 1.07. The Morgan fingerprint density at radius 1 is 1.25 bits per heavy atom. The molecule has 16 heavy (non-hydrogen) atoms. The minimum absolute atomic E-state index is 0.523. The van der Waals surface area contributed by atoms with E-state index in [-0.39, 0.29) is 0 Å². The van der Waals surface area contributed by atoms with E-state index in [0.29, 0.717) is 5.56 Å². The second kappa shape index (κ2) is 5.91. The molecule has 0 heterocycles. The average Bonchev–Trinajstić information content (AvgIpc) is 2.26. The monoisotopic (exact) mass is 220 g/mol. The maximum Gasteiger partial charge on any atom is 0.306 e. The quantitative estimate of drug-likeness (QED) is 0.637. The summed E-state index contributed by atoms with van der Waals surface area (Å²) >= 11 is 0. The highest BCUT2D eigenvalue weighted by Gasteiger charge is 2.16. The molecule has 1 rings (SSSR count). The van der Waals surface area contributed by atoms with Gasteiger partial charge in [-0.05, 0) is 12.1 Å². The molecule has 0 saturated heterocycles. The average molecular weight is 220 g/mol. The lowest BCUT2D eigenvalue weighted by Crippen LogP contribution is -2.26. The third kappa shape index (κ3) is 4.13. The Morgan fingerprint density at radius 2 is 1.88 bits per heavy atom. The number of hydrogen-bond donors (Lipinski definition) is 3. The lowest BCUT2D eigenvalue weighted by Gasteiger charge is -2.09. The van der Waals surface area contributed by atoms with Crippen LogP contribution in [0.5, 0.6) is 0 Å². The molecule has 84 valence electrons. The van der Waals surface area contributed by atoms with E-state index in [4.69, 9.17) is 5.11 Å². The van der Waals surface area contributed by atoms with Gasteiger partial charge in [-0.3, -0.25) is 4.79 Å². The van der Waals surface area contributed by atoms with Crippen LogP contribution < -0.4 is 0 Å². The smallest absolute Gasteiger partial charge is 0.306 e. The fraction of sp³-hybridized carbons (Fsp3) is 0.250. The van der Waals surface area contributed by atoms with Crippen LogP contribution >= 0.6 is 0 Å². The lowest BCUT2D eigenvalue weighted by atomic mass is 10.1. The van der Waals surface area contributed by atoms with Crippen molar-refractivity contribution in [1.82, 2.24) is 0 Å². The number of carboxylic acid groups (broad SMARTS) is 1. The molecule has 0 bridgehead atoms. The van der Waals surface area contributed by atoms with E-state index >= 15 is 0 Å². The summed E-state index contributed by atoms with van der Waals surface area (Å²) in [5.74, 6) is 3.87. The normalized spacial score (nSPS) is 13.4. The van der Waals surface area contributed by atoms with Crippen molar-refractivity contribution in [3.05, 3.63) is 35.9 Å². The van der Waals surface area contributed by atoms with Crippen molar-refractivity contribution in [2.24, 2.45) is 0 Å². The molecule has 0 aliphatic carbocycles. The number of benzene rings is 1. The van der Waals surface area contributed by atoms with Crippen molar-refractivity contribution in [3.8, 4) is 11.8 Å². The summed E-state index contributed by atoms with van der Waals surface area (Å²) < 4.78 is 0. The Balaban J connectivity index is 2.61. The van der Waals surface area contributed by atoms with Gasteiger partial charge in [-0.25, -0.2) is 0 Å². The van der Waals surface area contributed by atoms with Gasteiger partial charge in [0.1, 0.15) is 12.2 Å². The van der Waals surface area contributed by atoms with Gasteiger partial charge >= 0.3 is 5.97 Å². The molecule has 3 N–H and O–H groups in total. The molecule has 0 aliphatic heterocycles. The van der Waals surface area contributed by atoms with Gasteiger partial charge in [-0.2, -0.15) is 0 Å². The molecule has 2 atom stereocenters. The third-order valence-corrected chi connectivity index (χ3v) is 1.89. The second-order valence-electron chi connectivity index (χ2n) is 3.25. The third-order valence-electron chi connectivity index (χ3n) is 1.89. The molecule has 0 saturated carbocycles. The summed E-state index contributed by atoms with van der Waals surface area (Å²) in [7, 11) is 0. The first kappa shape index (κ1) is 12.2. The summed E-state index contributed by atoms with van der Waals surface area (Å²) in [4.78, 5) is 10.3. The zero-order chi connectivity index (χ0) is 12.0. The molecule has 1 aromatic carbocycles. The number of hydrogen-bond acceptors (Lipinski definition) is 3. The van der Waals surface area contributed by atoms with Crippen LogP contribution in [0.3, 0.4) is 0 Å². The first-order chi connectivity index (χ1) is 7.59. The summed E-state index contributed by atoms with van der Waals surface area (Å²) in [5, 5.41) is 27.0. The van der Waals surface area contributed by atoms with Crippen LogP contribution in [0.15, 0.2) is 30.3 Å². The second-order valence-corrected chi connectivity index (χ2v) is 3.25. The van der Waals surface area contributed by atoms with Gasteiger partial charge in [-0.1, -0.05) is 30.0 Å². The Bertz CT molecular complexity index is 402. The van der Waals surface area contributed by atoms with Gasteiger partial charge in [-0.15, -0.1) is 0 Å². The van der Waals surface area contributed by atoms with Gasteiger partial charge in [0, 0.05) is 5.56 Å². The maximum absolute atomic E-state index is 10.3. The molecule has 2 unspecified atom stereocenters. The Labute approximate surface area is 93.2 Å². The highest BCUT2D eigenvalue weighted by Crippen LogP contribution is 2.00. The Morgan fingerprint density at radius 3 is 2.44 bits per heavy atom. The van der Waals surface area contributed by atoms with E-state index in [0.717, 1.165) is 0 Å². The van der Waals surface area contributed by atoms with Gasteiger partial charge in [0.15, 0.2) is 0 Å². The molecule has 0 amide bonds. The van der Waals surface area contributed by atoms with E-state index in [1.807, 2.05) is 6.07 Å². The van der Waals surface area contributed by atoms with Crippen LogP contribution in [-0.2, 0) is 4.79 Å². The van der Waals surface area contributed by atoms with E-state index in [9.17, 15) is 15.0 Å². The number of aliphatic carboxylic acids is 1. The van der Waals surface area contributed by atoms with Crippen molar-refractivity contribution in [2.45, 2.75) is 18.6 Å². The van der Waals surface area contributed by atoms with Gasteiger partial charge in [0.05, 0.1) is 6.42 Å². The maximum atomic E-state index is 10.3. The lowest BCUT2D eigenvalue weighted by molar-refractivity contribution is -0.140. The molecule has 1 aromatic rings. The highest BCUT2D eigenvalue weighted by atomic mass is 16.4. The predicted molar refractivity (Wildman–Crippen MR) is 57.6 cm³/mol. The molecule has 0 spiro atoms. The number of aliphatic hydroxyl groups is 2. The summed E-state index contributed by atoms with van der Waals surface area (Å²) in [6, 6.07) is 8.93. The van der Waals surface area contributed by atoms with Crippen LogP contribution in [0.25, 0.3) is 0 Å². The molecule has 4 nitrogen and oxygen atoms in total. The topological polar surface area (TPSA) is 77.8 Å². The van der Waals surface area contributed by atoms with Crippen LogP contribution in [-0.4, -0.2) is 33.5 Å². The minimum atomic E-state index is -1.37. The highest BCUT2D eigenvalue weighted by molar-refractivity contribution is 5.67. The molecule has 0 aromatic heterocycles. The van der Waals surface area contributed by atoms with Crippen LogP contribution in [0, 0.1) is 11.8 Å². The Hall–Kier alpha value is -1.83. The summed E-state index contributed by atoms with van der Waals surface area (Å²) in [6.45, 7) is 0. The molecular formula is C12H12O4. The number of rotatable bonds is 3. The standard InChI is InChI=1S/C12H12O4/c13-10(11(14)8-12(15)16)7-6-9-4-2-1-3-5-9/h1-5,10-11,13-14H,8H2,(H,15,16). The predicted octanol–water partition coefficient (Wildman–Crippen LogP) is 0.235. The number of aliphatic hydroxyl groups excluding tert-OH is 2. The first-order valence-corrected chi connectivity index (χ1v) is 4.74. The van der Waals surface area contributed by atoms with E-state index < -0.39 is 24.6 Å². The minimum Gasteiger partial charge on any atom is -0.481 e. The van der Waals surface area contributed by atoms with Gasteiger partial charge in [0.2, 0.25) is 0 Å². The molecule has 0 radical (unpaired) electrons. The van der Waals surface area contributed by atoms with Crippen molar-refractivity contribution in [2.75, 3.05) is 0 Å². The van der Waals surface area contributed by atoms with E-state index in [1.54, 1.807) is 24.3 Å². The SMILES string of the molecule is O=C(O)CC(O)C(O)C#Cc1ccccc1. The molecular weight excluding hydrogens is 208 g/mol. The molecule has 4 heteroatoms. The summed E-state index contributed by atoms with van der Waals surface area (Å²) in [6.07, 6.45) is -3.24. The number of carboxylic acids is 1. The van der Waals surface area contributed by atoms with Crippen LogP contribution in [0.2, 0.25) is 0 Å². The van der Waals surface area contributed by atoms with Crippen LogP contribution in [0.4, 0.5) is 0 Å². The summed E-state index contributed by atoms with van der Waals surface area (Å²) in [5.41, 5.74) is 0.698. The van der Waals surface area contributed by atoms with Crippen LogP contribution in [0.1, 0.15) is 12.0 Å². The fourth-order valence-corrected chi connectivity index (χ4v) is 1.07. The van der Waals surface area contributed by atoms with Crippen molar-refractivity contribution < 1.29 is 20.1 Å². The van der Waals surface area contributed by atoms with E-state index in [1.165, 1.54) is 0 Å². The van der Waals surface area contributed by atoms with Gasteiger partial charge in [0.25, 0.3) is 0 Å². The Kier molecular flexibility index (Phi) is 4.52. The van der Waals surface area contributed by atoms with Crippen molar-refractivity contribution >= 4 is 5.97 Å². The molecule has 0 aliphatic rings. The number of carbonyl (C=O) groups is 1. The van der Waals surface area contributed by atoms with Crippen molar-refractivity contribution in [1.29, 1.82) is 0 Å². The molecule has 0 fully saturated rings. The van der Waals surface area contributed by atoms with Crippen molar-refractivity contribution in [3.63, 3.8) is 0 Å². The largest absolute Gasteiger partial charge is 0.481 e. The first-order valence-electron chi connectivity index (χ1n) is 4.74. The van der Waals surface area contributed by atoms with Gasteiger partial charge < -0.3 is 15.3 Å². The van der Waals surface area contributed by atoms with E-state index in [2.05, 4.69) is 11.8 Å². The zero-order valence-corrected chi connectivity index (χ0v) is 8.50. The zero-order valence-electron chi connectivity index (χ0n) is 8.50.